The molecule has 0 spiro atoms. The number of methoxy groups -OCH3 is 1. The number of benzene rings is 2. The smallest absolute Gasteiger partial charge is 0.325 e. The van der Waals surface area contributed by atoms with Crippen LogP contribution in [0.5, 0.6) is 11.5 Å². The molecular weight excluding hydrogens is 391 g/mol. The van der Waals surface area contributed by atoms with Crippen molar-refractivity contribution in [2.24, 2.45) is 0 Å². The van der Waals surface area contributed by atoms with Gasteiger partial charge in [-0.1, -0.05) is 22.0 Å². The molecule has 7 heteroatoms. The van der Waals surface area contributed by atoms with Crippen molar-refractivity contribution in [3.05, 3.63) is 52.3 Å². The maximum absolute atomic E-state index is 13.7. The second-order valence-electron chi connectivity index (χ2n) is 6.32. The number of fused-ring (bicyclic) bond motifs is 4. The third-order valence-corrected chi connectivity index (χ3v) is 5.05. The van der Waals surface area contributed by atoms with Gasteiger partial charge in [-0.2, -0.15) is 0 Å². The fraction of sp³-hybridized carbons (Fsp3) is 0.278. The minimum Gasteiger partial charge on any atom is -0.493 e. The highest BCUT2D eigenvalue weighted by atomic mass is 79.9. The minimum atomic E-state index is -0.950. The maximum atomic E-state index is 13.7. The van der Waals surface area contributed by atoms with E-state index in [-0.39, 0.29) is 12.1 Å². The zero-order chi connectivity index (χ0) is 17.8. The normalized spacial score (nSPS) is 24.2. The van der Waals surface area contributed by atoms with Crippen LogP contribution in [0.15, 0.2) is 40.9 Å². The van der Waals surface area contributed by atoms with Crippen LogP contribution in [0, 0.1) is 5.82 Å². The number of carbonyl (C=O) groups is 1. The molecule has 2 aromatic carbocycles. The molecule has 2 bridgehead atoms. The Kier molecular flexibility index (Phi) is 3.64. The average molecular weight is 407 g/mol. The number of carbonyl (C=O) groups excluding carboxylic acids is 1. The summed E-state index contributed by atoms with van der Waals surface area (Å²) in [5.74, 6) is 0.759. The Morgan fingerprint density at radius 1 is 1.40 bits per heavy atom. The van der Waals surface area contributed by atoms with E-state index in [0.29, 0.717) is 23.6 Å². The quantitative estimate of drug-likeness (QED) is 0.805. The van der Waals surface area contributed by atoms with Gasteiger partial charge in [0.15, 0.2) is 17.2 Å². The molecule has 2 heterocycles. The summed E-state index contributed by atoms with van der Waals surface area (Å²) >= 11 is 3.46. The van der Waals surface area contributed by atoms with Crippen molar-refractivity contribution in [3.8, 4) is 11.5 Å². The first-order chi connectivity index (χ1) is 11.9. The number of amides is 2. The zero-order valence-corrected chi connectivity index (χ0v) is 15.3. The van der Waals surface area contributed by atoms with Crippen LogP contribution < -0.4 is 19.7 Å². The summed E-state index contributed by atoms with van der Waals surface area (Å²) in [6.07, 6.45) is 0.530. The number of hydrogen-bond donors (Lipinski definition) is 1. The van der Waals surface area contributed by atoms with Gasteiger partial charge in [0.1, 0.15) is 5.82 Å². The van der Waals surface area contributed by atoms with Gasteiger partial charge in [0.05, 0.1) is 18.8 Å². The fourth-order valence-corrected chi connectivity index (χ4v) is 4.01. The van der Waals surface area contributed by atoms with Gasteiger partial charge in [0.25, 0.3) is 0 Å². The van der Waals surface area contributed by atoms with Crippen LogP contribution in [0.3, 0.4) is 0 Å². The lowest BCUT2D eigenvalue weighted by molar-refractivity contribution is 0.0349. The first kappa shape index (κ1) is 16.2. The highest BCUT2D eigenvalue weighted by Gasteiger charge is 2.50. The monoisotopic (exact) mass is 406 g/mol. The van der Waals surface area contributed by atoms with Crippen molar-refractivity contribution in [1.82, 2.24) is 5.32 Å². The Morgan fingerprint density at radius 2 is 2.20 bits per heavy atom. The van der Waals surface area contributed by atoms with Crippen molar-refractivity contribution < 1.29 is 18.7 Å². The summed E-state index contributed by atoms with van der Waals surface area (Å²) in [7, 11) is 1.57. The highest BCUT2D eigenvalue weighted by Crippen LogP contribution is 2.50. The van der Waals surface area contributed by atoms with Crippen molar-refractivity contribution in [3.63, 3.8) is 0 Å². The molecule has 4 rings (SSSR count). The third kappa shape index (κ3) is 2.54. The minimum absolute atomic E-state index is 0.211. The van der Waals surface area contributed by atoms with Gasteiger partial charge in [-0.05, 0) is 37.3 Å². The van der Waals surface area contributed by atoms with Crippen LogP contribution in [-0.4, -0.2) is 18.9 Å². The number of ether oxygens (including phenoxy) is 2. The molecule has 0 saturated carbocycles. The Labute approximate surface area is 152 Å². The average Bonchev–Trinajstić information content (AvgIpc) is 2.54. The number of anilines is 1. The van der Waals surface area contributed by atoms with Crippen molar-refractivity contribution >= 4 is 27.6 Å². The molecule has 0 aromatic heterocycles. The second-order valence-corrected chi connectivity index (χ2v) is 7.24. The third-order valence-electron chi connectivity index (χ3n) is 4.59. The Morgan fingerprint density at radius 3 is 2.92 bits per heavy atom. The van der Waals surface area contributed by atoms with Gasteiger partial charge in [-0.3, -0.25) is 4.90 Å². The summed E-state index contributed by atoms with van der Waals surface area (Å²) in [5, 5.41) is 2.98. The summed E-state index contributed by atoms with van der Waals surface area (Å²) in [6.45, 7) is 1.83. The largest absolute Gasteiger partial charge is 0.493 e. The molecule has 1 saturated heterocycles. The molecule has 0 unspecified atom stereocenters. The van der Waals surface area contributed by atoms with Crippen LogP contribution >= 0.6 is 15.9 Å². The predicted molar refractivity (Wildman–Crippen MR) is 94.5 cm³/mol. The van der Waals surface area contributed by atoms with Crippen LogP contribution in [0.1, 0.15) is 24.9 Å². The lowest BCUT2D eigenvalue weighted by atomic mass is 9.90. The van der Waals surface area contributed by atoms with Crippen LogP contribution in [0.4, 0.5) is 14.9 Å². The SMILES string of the molecule is COc1cc(Br)cc2c1O[C@]1(C)C[C@@H]2NC(=O)N1c1cccc(F)c1. The molecule has 5 nitrogen and oxygen atoms in total. The number of rotatable bonds is 2. The molecule has 2 aliphatic rings. The molecule has 0 radical (unpaired) electrons. The van der Waals surface area contributed by atoms with Crippen molar-refractivity contribution in [2.75, 3.05) is 12.0 Å². The molecule has 130 valence electrons. The zero-order valence-electron chi connectivity index (χ0n) is 13.7. The summed E-state index contributed by atoms with van der Waals surface area (Å²) in [4.78, 5) is 14.2. The lowest BCUT2D eigenvalue weighted by Gasteiger charge is -2.50. The van der Waals surface area contributed by atoms with Crippen molar-refractivity contribution in [1.29, 1.82) is 0 Å². The number of nitrogens with one attached hydrogen (secondary N) is 1. The summed E-state index contributed by atoms with van der Waals surface area (Å²) < 4.78 is 26.2. The van der Waals surface area contributed by atoms with Crippen LogP contribution in [0.2, 0.25) is 0 Å². The maximum Gasteiger partial charge on any atom is 0.325 e. The molecule has 2 aliphatic heterocycles. The van der Waals surface area contributed by atoms with Crippen LogP contribution in [-0.2, 0) is 0 Å². The topological polar surface area (TPSA) is 50.8 Å². The van der Waals surface area contributed by atoms with Gasteiger partial charge < -0.3 is 14.8 Å². The van der Waals surface area contributed by atoms with E-state index in [2.05, 4.69) is 21.2 Å². The number of halogens is 2. The van der Waals surface area contributed by atoms with E-state index in [9.17, 15) is 9.18 Å². The van der Waals surface area contributed by atoms with Gasteiger partial charge in [-0.15, -0.1) is 0 Å². The number of nitrogens with zero attached hydrogens (tertiary/aromatic N) is 1. The van der Waals surface area contributed by atoms with E-state index >= 15 is 0 Å². The molecule has 2 amide bonds. The van der Waals surface area contributed by atoms with E-state index in [4.69, 9.17) is 9.47 Å². The van der Waals surface area contributed by atoms with Gasteiger partial charge in [0.2, 0.25) is 0 Å². The van der Waals surface area contributed by atoms with Crippen LogP contribution in [0.25, 0.3) is 0 Å². The highest BCUT2D eigenvalue weighted by molar-refractivity contribution is 9.10. The van der Waals surface area contributed by atoms with E-state index < -0.39 is 11.5 Å². The molecule has 0 aliphatic carbocycles. The molecule has 2 aromatic rings. The number of hydrogen-bond acceptors (Lipinski definition) is 3. The molecule has 25 heavy (non-hydrogen) atoms. The van der Waals surface area contributed by atoms with E-state index in [0.717, 1.165) is 10.0 Å². The van der Waals surface area contributed by atoms with E-state index in [1.807, 2.05) is 19.1 Å². The van der Waals surface area contributed by atoms with Crippen molar-refractivity contribution in [2.45, 2.75) is 25.1 Å². The Hall–Kier alpha value is -2.28. The first-order valence-electron chi connectivity index (χ1n) is 7.84. The van der Waals surface area contributed by atoms with E-state index in [1.165, 1.54) is 17.0 Å². The summed E-state index contributed by atoms with van der Waals surface area (Å²) in [5.41, 5.74) is 0.350. The Balaban J connectivity index is 1.84. The standard InChI is InChI=1S/C18H16BrFN2O3/c1-18-9-14(13-6-10(19)7-15(24-2)16(13)25-18)21-17(23)22(18)12-5-3-4-11(20)8-12/h3-8,14H,9H2,1-2H3,(H,21,23)/t14-,18+/m0/s1. The molecule has 1 fully saturated rings. The Bertz CT molecular complexity index is 875. The predicted octanol–water partition coefficient (Wildman–Crippen LogP) is 4.37. The lowest BCUT2D eigenvalue weighted by Crippen LogP contribution is -2.65. The van der Waals surface area contributed by atoms with Gasteiger partial charge in [0, 0.05) is 16.5 Å². The number of urea groups is 1. The fourth-order valence-electron chi connectivity index (χ4n) is 3.56. The summed E-state index contributed by atoms with van der Waals surface area (Å²) in [6, 6.07) is 9.12. The molecule has 2 atom stereocenters. The second kappa shape index (κ2) is 5.62. The van der Waals surface area contributed by atoms with Gasteiger partial charge >= 0.3 is 6.03 Å². The molecular formula is C18H16BrFN2O3. The molecule has 1 N–H and O–H groups in total. The first-order valence-corrected chi connectivity index (χ1v) is 8.63. The van der Waals surface area contributed by atoms with Gasteiger partial charge in [-0.25, -0.2) is 9.18 Å². The van der Waals surface area contributed by atoms with E-state index in [1.54, 1.807) is 19.2 Å².